The molecule has 0 aromatic heterocycles. The van der Waals surface area contributed by atoms with E-state index in [0.717, 1.165) is 15.4 Å². The Balaban J connectivity index is 1.84. The molecule has 0 unspecified atom stereocenters. The zero-order chi connectivity index (χ0) is 33.4. The molecule has 0 radical (unpaired) electrons. The van der Waals surface area contributed by atoms with Crippen molar-refractivity contribution in [3.05, 3.63) is 128 Å². The number of hydrogen-bond donors (Lipinski definition) is 1. The van der Waals surface area contributed by atoms with E-state index in [1.54, 1.807) is 49.4 Å². The Labute approximate surface area is 286 Å². The highest BCUT2D eigenvalue weighted by Gasteiger charge is 2.35. The van der Waals surface area contributed by atoms with Crippen LogP contribution in [0.2, 0.25) is 15.1 Å². The zero-order valence-electron chi connectivity index (χ0n) is 25.8. The summed E-state index contributed by atoms with van der Waals surface area (Å²) in [5, 5.41) is 3.87. The van der Waals surface area contributed by atoms with Crippen LogP contribution in [0.5, 0.6) is 0 Å². The monoisotopic (exact) mass is 699 g/mol. The van der Waals surface area contributed by atoms with E-state index in [1.807, 2.05) is 44.2 Å². The van der Waals surface area contributed by atoms with E-state index in [4.69, 9.17) is 34.8 Å². The Morgan fingerprint density at radius 1 is 0.826 bits per heavy atom. The first-order valence-electron chi connectivity index (χ1n) is 14.8. The maximum Gasteiger partial charge on any atom is 0.264 e. The van der Waals surface area contributed by atoms with E-state index in [9.17, 15) is 18.0 Å². The maximum atomic E-state index is 14.6. The third-order valence-corrected chi connectivity index (χ3v) is 10.2. The molecule has 0 bridgehead atoms. The molecule has 4 rings (SSSR count). The van der Waals surface area contributed by atoms with Crippen molar-refractivity contribution in [1.82, 2.24) is 10.2 Å². The lowest BCUT2D eigenvalue weighted by atomic mass is 10.0. The number of carbonyl (C=O) groups excluding carboxylic acids is 2. The second kappa shape index (κ2) is 15.8. The Kier molecular flexibility index (Phi) is 12.1. The number of halogens is 3. The quantitative estimate of drug-likeness (QED) is 0.156. The van der Waals surface area contributed by atoms with Crippen molar-refractivity contribution in [1.29, 1.82) is 0 Å². The molecule has 4 aromatic carbocycles. The summed E-state index contributed by atoms with van der Waals surface area (Å²) in [6.07, 6.45) is 0.894. The van der Waals surface area contributed by atoms with Crippen molar-refractivity contribution in [2.24, 2.45) is 0 Å². The van der Waals surface area contributed by atoms with Gasteiger partial charge < -0.3 is 10.2 Å². The molecule has 0 heterocycles. The smallest absolute Gasteiger partial charge is 0.264 e. The van der Waals surface area contributed by atoms with Crippen LogP contribution in [0.4, 0.5) is 5.69 Å². The van der Waals surface area contributed by atoms with E-state index >= 15 is 0 Å². The first-order valence-corrected chi connectivity index (χ1v) is 17.4. The molecule has 0 aliphatic heterocycles. The minimum atomic E-state index is -4.25. The number of anilines is 1. The van der Waals surface area contributed by atoms with Crippen LogP contribution < -0.4 is 9.62 Å². The molecular weight excluding hydrogens is 665 g/mol. The van der Waals surface area contributed by atoms with Crippen LogP contribution in [-0.2, 0) is 32.6 Å². The van der Waals surface area contributed by atoms with Crippen LogP contribution in [0.3, 0.4) is 0 Å². The summed E-state index contributed by atoms with van der Waals surface area (Å²) < 4.78 is 29.5. The third-order valence-electron chi connectivity index (χ3n) is 7.48. The SMILES string of the molecule is CCCNC(=O)[C@H](Cc1ccccc1)N(Cc1ccc(Cl)c(Cl)c1)C(=O)CN(c1cc(Cl)ccc1C)S(=O)(=O)c1ccc(C)cc1. The average molecular weight is 701 g/mol. The molecule has 11 heteroatoms. The van der Waals surface area contributed by atoms with E-state index in [2.05, 4.69) is 5.32 Å². The number of rotatable bonds is 13. The summed E-state index contributed by atoms with van der Waals surface area (Å²) >= 11 is 18.9. The first-order chi connectivity index (χ1) is 21.9. The number of sulfonamides is 1. The lowest BCUT2D eigenvalue weighted by molar-refractivity contribution is -0.140. The van der Waals surface area contributed by atoms with Crippen LogP contribution in [0.25, 0.3) is 0 Å². The number of hydrogen-bond acceptors (Lipinski definition) is 4. The lowest BCUT2D eigenvalue weighted by Gasteiger charge is -2.34. The number of nitrogens with zero attached hydrogens (tertiary/aromatic N) is 2. The molecule has 46 heavy (non-hydrogen) atoms. The van der Waals surface area contributed by atoms with Crippen molar-refractivity contribution in [3.8, 4) is 0 Å². The zero-order valence-corrected chi connectivity index (χ0v) is 28.9. The van der Waals surface area contributed by atoms with Crippen LogP contribution >= 0.6 is 34.8 Å². The summed E-state index contributed by atoms with van der Waals surface area (Å²) in [4.78, 5) is 29.8. The Morgan fingerprint density at radius 2 is 1.52 bits per heavy atom. The Morgan fingerprint density at radius 3 is 2.17 bits per heavy atom. The van der Waals surface area contributed by atoms with Gasteiger partial charge in [-0.15, -0.1) is 0 Å². The highest BCUT2D eigenvalue weighted by molar-refractivity contribution is 7.92. The maximum absolute atomic E-state index is 14.6. The third kappa shape index (κ3) is 8.82. The van der Waals surface area contributed by atoms with E-state index < -0.39 is 28.5 Å². The molecule has 2 amide bonds. The predicted molar refractivity (Wildman–Crippen MR) is 186 cm³/mol. The van der Waals surface area contributed by atoms with Crippen molar-refractivity contribution in [2.45, 2.75) is 51.1 Å². The van der Waals surface area contributed by atoms with Crippen LogP contribution in [0.1, 0.15) is 35.6 Å². The highest BCUT2D eigenvalue weighted by atomic mass is 35.5. The summed E-state index contributed by atoms with van der Waals surface area (Å²) in [6.45, 7) is 5.33. The number of nitrogens with one attached hydrogen (secondary N) is 1. The number of amides is 2. The fraction of sp³-hybridized carbons (Fsp3) is 0.257. The molecule has 0 saturated carbocycles. The lowest BCUT2D eigenvalue weighted by Crippen LogP contribution is -2.53. The van der Waals surface area contributed by atoms with E-state index in [-0.39, 0.29) is 29.5 Å². The van der Waals surface area contributed by atoms with Gasteiger partial charge in [0, 0.05) is 24.5 Å². The summed E-state index contributed by atoms with van der Waals surface area (Å²) in [5.41, 5.74) is 3.20. The van der Waals surface area contributed by atoms with Crippen LogP contribution in [0.15, 0.2) is 95.9 Å². The minimum absolute atomic E-state index is 0.0165. The number of benzene rings is 4. The van der Waals surface area contributed by atoms with Gasteiger partial charge in [0.2, 0.25) is 11.8 Å². The molecule has 0 saturated heterocycles. The molecule has 7 nitrogen and oxygen atoms in total. The predicted octanol–water partition coefficient (Wildman–Crippen LogP) is 7.63. The van der Waals surface area contributed by atoms with Crippen LogP contribution in [0, 0.1) is 13.8 Å². The molecule has 4 aromatic rings. The number of aryl methyl sites for hydroxylation is 2. The number of carbonyl (C=O) groups is 2. The van der Waals surface area contributed by atoms with Crippen molar-refractivity contribution < 1.29 is 18.0 Å². The minimum Gasteiger partial charge on any atom is -0.354 e. The fourth-order valence-electron chi connectivity index (χ4n) is 4.96. The van der Waals surface area contributed by atoms with E-state index in [1.165, 1.54) is 23.1 Å². The topological polar surface area (TPSA) is 86.8 Å². The molecule has 0 spiro atoms. The van der Waals surface area contributed by atoms with Gasteiger partial charge >= 0.3 is 0 Å². The van der Waals surface area contributed by atoms with Gasteiger partial charge in [0.15, 0.2) is 0 Å². The normalized spacial score (nSPS) is 12.0. The highest BCUT2D eigenvalue weighted by Crippen LogP contribution is 2.31. The van der Waals surface area contributed by atoms with Gasteiger partial charge in [-0.05, 0) is 73.4 Å². The summed E-state index contributed by atoms with van der Waals surface area (Å²) in [5.74, 6) is -0.945. The van der Waals surface area contributed by atoms with Gasteiger partial charge in [-0.3, -0.25) is 13.9 Å². The Bertz CT molecular complexity index is 1790. The van der Waals surface area contributed by atoms with Gasteiger partial charge in [-0.1, -0.05) is 102 Å². The molecule has 1 atom stereocenters. The molecule has 0 fully saturated rings. The standard InChI is InChI=1S/C35H36Cl3N3O4S/c1-4-18-39-35(43)33(20-26-8-6-5-7-9-26)40(22-27-13-17-30(37)31(38)19-27)34(42)23-41(32-21-28(36)14-12-25(32)3)46(44,45)29-15-10-24(2)11-16-29/h5-17,19,21,33H,4,18,20,22-23H2,1-3H3,(H,39,43)/t33-/m0/s1. The van der Waals surface area contributed by atoms with Crippen LogP contribution in [-0.4, -0.2) is 44.3 Å². The van der Waals surface area contributed by atoms with Gasteiger partial charge in [0.1, 0.15) is 12.6 Å². The van der Waals surface area contributed by atoms with Gasteiger partial charge in [-0.25, -0.2) is 8.42 Å². The molecule has 1 N–H and O–H groups in total. The van der Waals surface area contributed by atoms with Crippen molar-refractivity contribution in [2.75, 3.05) is 17.4 Å². The fourth-order valence-corrected chi connectivity index (χ4v) is 6.91. The second-order valence-electron chi connectivity index (χ2n) is 11.0. The van der Waals surface area contributed by atoms with Gasteiger partial charge in [0.05, 0.1) is 20.6 Å². The van der Waals surface area contributed by atoms with Gasteiger partial charge in [0.25, 0.3) is 10.0 Å². The molecule has 242 valence electrons. The summed E-state index contributed by atoms with van der Waals surface area (Å²) in [7, 11) is -4.25. The first kappa shape index (κ1) is 35.3. The van der Waals surface area contributed by atoms with Crippen molar-refractivity contribution in [3.63, 3.8) is 0 Å². The van der Waals surface area contributed by atoms with Gasteiger partial charge in [-0.2, -0.15) is 0 Å². The molecule has 0 aliphatic rings. The molecular formula is C35H36Cl3N3O4S. The summed E-state index contributed by atoms with van der Waals surface area (Å²) in [6, 6.07) is 24.6. The van der Waals surface area contributed by atoms with Crippen molar-refractivity contribution >= 4 is 62.3 Å². The largest absolute Gasteiger partial charge is 0.354 e. The van der Waals surface area contributed by atoms with E-state index in [0.29, 0.717) is 39.2 Å². The average Bonchev–Trinajstić information content (AvgIpc) is 3.03. The second-order valence-corrected chi connectivity index (χ2v) is 14.1. The molecule has 0 aliphatic carbocycles. The Hall–Kier alpha value is -3.56.